The molecule has 0 aliphatic heterocycles. The third-order valence-corrected chi connectivity index (χ3v) is 9.87. The highest BCUT2D eigenvalue weighted by molar-refractivity contribution is 4.84. The van der Waals surface area contributed by atoms with Crippen LogP contribution in [0, 0.1) is 60.6 Å². The second-order valence-corrected chi connectivity index (χ2v) is 27.6. The number of rotatable bonds is 8. The fourth-order valence-corrected chi connectivity index (χ4v) is 4.93. The lowest BCUT2D eigenvalue weighted by Crippen LogP contribution is -2.29. The lowest BCUT2D eigenvalue weighted by molar-refractivity contribution is 0.111. The lowest BCUT2D eigenvalue weighted by atomic mass is 9.65. The summed E-state index contributed by atoms with van der Waals surface area (Å²) in [4.78, 5) is 0. The van der Waals surface area contributed by atoms with Crippen LogP contribution in [0.5, 0.6) is 0 Å². The van der Waals surface area contributed by atoms with Gasteiger partial charge < -0.3 is 0 Å². The predicted octanol–water partition coefficient (Wildman–Crippen LogP) is 19.9. The molecule has 1 saturated carbocycles. The molecule has 1 aliphatic carbocycles. The summed E-state index contributed by atoms with van der Waals surface area (Å²) in [5, 5.41) is 0. The van der Waals surface area contributed by atoms with Crippen LogP contribution >= 0.6 is 0 Å². The maximum atomic E-state index is 2.41. The van der Waals surface area contributed by atoms with Gasteiger partial charge in [-0.25, -0.2) is 0 Å². The molecule has 0 aromatic rings. The van der Waals surface area contributed by atoms with Gasteiger partial charge in [-0.3, -0.25) is 0 Å². The van der Waals surface area contributed by atoms with E-state index in [-0.39, 0.29) is 0 Å². The molecule has 1 unspecified atom stereocenters. The van der Waals surface area contributed by atoms with E-state index in [1.807, 2.05) is 0 Å². The number of hydrogen-bond acceptors (Lipinski definition) is 0. The van der Waals surface area contributed by atoms with Gasteiger partial charge in [0.25, 0.3) is 0 Å². The molecule has 0 heteroatoms. The first kappa shape index (κ1) is 61.2. The molecular formula is C52H114. The Balaban J connectivity index is -0.000000178. The molecule has 1 rings (SSSR count). The van der Waals surface area contributed by atoms with Crippen molar-refractivity contribution in [2.24, 2.45) is 60.6 Å². The fraction of sp³-hybridized carbons (Fsp3) is 1.00. The van der Waals surface area contributed by atoms with Crippen molar-refractivity contribution in [2.45, 2.75) is 278 Å². The first-order valence-corrected chi connectivity index (χ1v) is 22.3. The molecule has 0 heterocycles. The molecule has 0 amide bonds. The van der Waals surface area contributed by atoms with Gasteiger partial charge in [0, 0.05) is 0 Å². The van der Waals surface area contributed by atoms with Crippen LogP contribution in [-0.2, 0) is 0 Å². The van der Waals surface area contributed by atoms with Gasteiger partial charge in [0.15, 0.2) is 0 Å². The molecule has 0 bridgehead atoms. The molecule has 1 atom stereocenters. The average Bonchev–Trinajstić information content (AvgIpc) is 2.83. The summed E-state index contributed by atoms with van der Waals surface area (Å²) in [6, 6.07) is 0. The van der Waals surface area contributed by atoms with E-state index in [1.54, 1.807) is 0 Å². The summed E-state index contributed by atoms with van der Waals surface area (Å²) < 4.78 is 0. The van der Waals surface area contributed by atoms with Gasteiger partial charge in [0.1, 0.15) is 0 Å². The zero-order chi connectivity index (χ0) is 43.4. The molecule has 0 radical (unpaired) electrons. The van der Waals surface area contributed by atoms with E-state index in [2.05, 4.69) is 208 Å². The molecular weight excluding hydrogens is 625 g/mol. The molecule has 0 nitrogen and oxygen atoms in total. The number of hydrogen-bond donors (Lipinski definition) is 0. The molecule has 322 valence electrons. The molecule has 0 saturated heterocycles. The highest BCUT2D eigenvalue weighted by Crippen LogP contribution is 2.44. The van der Waals surface area contributed by atoms with E-state index in [0.717, 1.165) is 11.8 Å². The maximum Gasteiger partial charge on any atom is -0.0331 e. The molecule has 0 N–H and O–H groups in total. The van der Waals surface area contributed by atoms with Gasteiger partial charge in [0.05, 0.1) is 0 Å². The van der Waals surface area contributed by atoms with Crippen LogP contribution in [0.4, 0.5) is 0 Å². The van der Waals surface area contributed by atoms with Crippen molar-refractivity contribution in [3.8, 4) is 0 Å². The van der Waals surface area contributed by atoms with Gasteiger partial charge in [-0.1, -0.05) is 227 Å². The van der Waals surface area contributed by atoms with Crippen LogP contribution in [0.2, 0.25) is 0 Å². The summed E-state index contributed by atoms with van der Waals surface area (Å²) in [5.74, 6) is 1.81. The Labute approximate surface area is 337 Å². The van der Waals surface area contributed by atoms with E-state index in [4.69, 9.17) is 0 Å². The second kappa shape index (κ2) is 25.3. The van der Waals surface area contributed by atoms with Crippen LogP contribution in [0.1, 0.15) is 278 Å². The van der Waals surface area contributed by atoms with Gasteiger partial charge in [0.2, 0.25) is 0 Å². The molecule has 0 aromatic carbocycles. The van der Waals surface area contributed by atoms with E-state index in [1.165, 1.54) is 70.6 Å². The Morgan fingerprint density at radius 3 is 1.02 bits per heavy atom. The van der Waals surface area contributed by atoms with Gasteiger partial charge in [-0.05, 0) is 112 Å². The Morgan fingerprint density at radius 2 is 0.788 bits per heavy atom. The van der Waals surface area contributed by atoms with Crippen molar-refractivity contribution in [1.29, 1.82) is 0 Å². The van der Waals surface area contributed by atoms with Gasteiger partial charge in [-0.2, -0.15) is 0 Å². The summed E-state index contributed by atoms with van der Waals surface area (Å²) >= 11 is 0. The topological polar surface area (TPSA) is 0 Å². The van der Waals surface area contributed by atoms with Crippen LogP contribution < -0.4 is 0 Å². The van der Waals surface area contributed by atoms with Crippen LogP contribution in [0.25, 0.3) is 0 Å². The third-order valence-electron chi connectivity index (χ3n) is 9.87. The molecule has 0 aromatic heterocycles. The monoisotopic (exact) mass is 739 g/mol. The first-order valence-electron chi connectivity index (χ1n) is 22.3. The Hall–Kier alpha value is 0. The SMILES string of the molecule is CC(C)(C)C.CC(C)(C)C.CC(C)(C)C.CC1(C)CCC(C(C)(C)C)CC1.CCC(C)(C)C(C)CCC(C)(C)C.CCC(C)(C)CCCC(C)(C)C. The maximum absolute atomic E-state index is 2.41. The highest BCUT2D eigenvalue weighted by Gasteiger charge is 2.32. The van der Waals surface area contributed by atoms with Crippen LogP contribution in [-0.4, -0.2) is 0 Å². The Bertz CT molecular complexity index is 740. The van der Waals surface area contributed by atoms with Crippen molar-refractivity contribution < 1.29 is 0 Å². The van der Waals surface area contributed by atoms with Crippen molar-refractivity contribution in [3.63, 3.8) is 0 Å². The van der Waals surface area contributed by atoms with Crippen molar-refractivity contribution in [2.75, 3.05) is 0 Å². The molecule has 1 aliphatic rings. The third kappa shape index (κ3) is 62.0. The molecule has 1 fully saturated rings. The normalized spacial score (nSPS) is 16.5. The zero-order valence-corrected chi connectivity index (χ0v) is 43.4. The van der Waals surface area contributed by atoms with Crippen molar-refractivity contribution in [3.05, 3.63) is 0 Å². The summed E-state index contributed by atoms with van der Waals surface area (Å²) in [7, 11) is 0. The average molecular weight is 739 g/mol. The molecule has 0 spiro atoms. The quantitative estimate of drug-likeness (QED) is 0.233. The minimum atomic E-state index is 0.498. The van der Waals surface area contributed by atoms with Crippen LogP contribution in [0.3, 0.4) is 0 Å². The Kier molecular flexibility index (Phi) is 29.8. The van der Waals surface area contributed by atoms with Gasteiger partial charge >= 0.3 is 0 Å². The van der Waals surface area contributed by atoms with Gasteiger partial charge in [-0.15, -0.1) is 0 Å². The summed E-state index contributed by atoms with van der Waals surface area (Å²) in [6.45, 7) is 68.7. The molecule has 52 heavy (non-hydrogen) atoms. The predicted molar refractivity (Wildman–Crippen MR) is 250 cm³/mol. The van der Waals surface area contributed by atoms with Crippen molar-refractivity contribution >= 4 is 0 Å². The first-order chi connectivity index (χ1) is 22.3. The fourth-order valence-electron chi connectivity index (χ4n) is 4.93. The largest absolute Gasteiger partial charge is 0.0649 e. The smallest absolute Gasteiger partial charge is 0.0331 e. The minimum Gasteiger partial charge on any atom is -0.0649 e. The standard InChI is InChI=1S/C13H28.C12H24.C12H26.3C5H12/c1-8-13(6,7)11(2)9-10-12(3,4)5;1-11(2,3)10-6-8-12(4,5)9-7-10;1-7-12(5,6)10-8-9-11(2,3)4;3*1-5(2,3)4/h11H,8-10H2,1-7H3;10H,6-9H2,1-5H3;7-10H2,1-6H3;3*1-4H3. The zero-order valence-electron chi connectivity index (χ0n) is 43.4. The second-order valence-electron chi connectivity index (χ2n) is 27.6. The lowest BCUT2D eigenvalue weighted by Gasteiger charge is -2.40. The van der Waals surface area contributed by atoms with E-state index >= 15 is 0 Å². The van der Waals surface area contributed by atoms with Crippen LogP contribution in [0.15, 0.2) is 0 Å². The summed E-state index contributed by atoms with van der Waals surface area (Å²) in [6.07, 6.45) is 15.1. The van der Waals surface area contributed by atoms with E-state index in [9.17, 15) is 0 Å². The van der Waals surface area contributed by atoms with Crippen molar-refractivity contribution in [1.82, 2.24) is 0 Å². The summed E-state index contributed by atoms with van der Waals surface area (Å²) in [5.41, 5.74) is 4.76. The Morgan fingerprint density at radius 1 is 0.481 bits per heavy atom. The minimum absolute atomic E-state index is 0.498. The highest BCUT2D eigenvalue weighted by atomic mass is 14.4. The van der Waals surface area contributed by atoms with E-state index < -0.39 is 0 Å². The van der Waals surface area contributed by atoms with E-state index in [0.29, 0.717) is 48.7 Å².